The maximum Gasteiger partial charge on any atom is 0.416 e. The molecule has 33 heavy (non-hydrogen) atoms. The van der Waals surface area contributed by atoms with Gasteiger partial charge >= 0.3 is 22.5 Å². The van der Waals surface area contributed by atoms with E-state index in [2.05, 4.69) is 4.18 Å². The highest BCUT2D eigenvalue weighted by molar-refractivity contribution is 7.87. The van der Waals surface area contributed by atoms with Crippen molar-refractivity contribution < 1.29 is 43.7 Å². The first-order chi connectivity index (χ1) is 15.2. The monoisotopic (exact) mass is 508 g/mol. The molecular formula is C21H11ClF6O4S. The average molecular weight is 509 g/mol. The van der Waals surface area contributed by atoms with Crippen molar-refractivity contribution in [1.29, 1.82) is 0 Å². The number of halogens is 7. The van der Waals surface area contributed by atoms with E-state index in [1.807, 2.05) is 0 Å². The van der Waals surface area contributed by atoms with Gasteiger partial charge in [0.05, 0.1) is 11.1 Å². The topological polar surface area (TPSA) is 60.4 Å². The minimum absolute atomic E-state index is 0.0446. The number of rotatable bonds is 5. The number of hydrogen-bond acceptors (Lipinski definition) is 4. The standard InChI is InChI=1S/C21H11ClF6O4S/c22-16-5-1-12(2-6-16)19(29)13-3-7-17(8-4-13)32-33(30,31)18-10-14(20(23,24)25)9-15(11-18)21(26,27)28/h1-11H. The fourth-order valence-corrected chi connectivity index (χ4v) is 3.80. The van der Waals surface area contributed by atoms with Crippen LogP contribution in [0.25, 0.3) is 0 Å². The highest BCUT2D eigenvalue weighted by Crippen LogP contribution is 2.37. The lowest BCUT2D eigenvalue weighted by Crippen LogP contribution is -2.16. The quantitative estimate of drug-likeness (QED) is 0.228. The molecule has 3 rings (SSSR count). The molecule has 0 radical (unpaired) electrons. The summed E-state index contributed by atoms with van der Waals surface area (Å²) in [5.41, 5.74) is -3.20. The molecule has 0 amide bonds. The van der Waals surface area contributed by atoms with Crippen molar-refractivity contribution in [3.63, 3.8) is 0 Å². The number of alkyl halides is 6. The summed E-state index contributed by atoms with van der Waals surface area (Å²) in [4.78, 5) is 11.1. The third-order valence-electron chi connectivity index (χ3n) is 4.28. The smallest absolute Gasteiger partial charge is 0.379 e. The molecule has 12 heteroatoms. The molecular weight excluding hydrogens is 498 g/mol. The van der Waals surface area contributed by atoms with Crippen LogP contribution in [0.2, 0.25) is 5.02 Å². The van der Waals surface area contributed by atoms with Gasteiger partial charge in [0.2, 0.25) is 0 Å². The van der Waals surface area contributed by atoms with Gasteiger partial charge in [-0.1, -0.05) is 11.6 Å². The molecule has 0 atom stereocenters. The van der Waals surface area contributed by atoms with Gasteiger partial charge in [-0.25, -0.2) is 0 Å². The minimum Gasteiger partial charge on any atom is -0.379 e. The third kappa shape index (κ3) is 5.85. The molecule has 0 spiro atoms. The van der Waals surface area contributed by atoms with E-state index >= 15 is 0 Å². The van der Waals surface area contributed by atoms with Gasteiger partial charge in [-0.05, 0) is 66.7 Å². The Bertz CT molecular complexity index is 1250. The summed E-state index contributed by atoms with van der Waals surface area (Å²) >= 11 is 5.76. The van der Waals surface area contributed by atoms with Crippen molar-refractivity contribution in [1.82, 2.24) is 0 Å². The molecule has 0 saturated carbocycles. The van der Waals surface area contributed by atoms with E-state index in [4.69, 9.17) is 11.6 Å². The minimum atomic E-state index is -5.23. The SMILES string of the molecule is O=C(c1ccc(Cl)cc1)c1ccc(OS(=O)(=O)c2cc(C(F)(F)F)cc(C(F)(F)F)c2)cc1. The van der Waals surface area contributed by atoms with E-state index in [0.717, 1.165) is 12.1 Å². The van der Waals surface area contributed by atoms with Gasteiger partial charge in [-0.3, -0.25) is 4.79 Å². The zero-order valence-corrected chi connectivity index (χ0v) is 17.6. The van der Waals surface area contributed by atoms with Crippen LogP contribution in [-0.4, -0.2) is 14.2 Å². The Hall–Kier alpha value is -3.05. The molecule has 3 aromatic carbocycles. The molecule has 0 heterocycles. The lowest BCUT2D eigenvalue weighted by Gasteiger charge is -2.14. The van der Waals surface area contributed by atoms with Crippen LogP contribution in [0.3, 0.4) is 0 Å². The Morgan fingerprint density at radius 1 is 0.727 bits per heavy atom. The molecule has 4 nitrogen and oxygen atoms in total. The molecule has 0 aliphatic rings. The van der Waals surface area contributed by atoms with Crippen molar-refractivity contribution in [2.24, 2.45) is 0 Å². The molecule has 0 aliphatic carbocycles. The summed E-state index contributed by atoms with van der Waals surface area (Å²) in [6.07, 6.45) is -10.5. The van der Waals surface area contributed by atoms with Crippen LogP contribution in [-0.2, 0) is 22.5 Å². The number of carbonyl (C=O) groups excluding carboxylic acids is 1. The van der Waals surface area contributed by atoms with Crippen molar-refractivity contribution in [2.45, 2.75) is 17.2 Å². The molecule has 0 bridgehead atoms. The normalized spacial score (nSPS) is 12.5. The molecule has 0 unspecified atom stereocenters. The average Bonchev–Trinajstić information content (AvgIpc) is 2.72. The molecule has 0 saturated heterocycles. The van der Waals surface area contributed by atoms with Crippen LogP contribution < -0.4 is 4.18 Å². The largest absolute Gasteiger partial charge is 0.416 e. The Kier molecular flexibility index (Phi) is 6.49. The Labute approximate surface area is 188 Å². The predicted molar refractivity (Wildman–Crippen MR) is 106 cm³/mol. The maximum atomic E-state index is 13.0. The van der Waals surface area contributed by atoms with E-state index < -0.39 is 50.0 Å². The number of ketones is 1. The summed E-state index contributed by atoms with van der Waals surface area (Å²) in [5.74, 6) is -0.859. The lowest BCUT2D eigenvalue weighted by atomic mass is 10.0. The maximum absolute atomic E-state index is 13.0. The van der Waals surface area contributed by atoms with Gasteiger partial charge in [0.15, 0.2) is 5.78 Å². The molecule has 0 N–H and O–H groups in total. The second kappa shape index (κ2) is 8.71. The zero-order valence-electron chi connectivity index (χ0n) is 16.0. The van der Waals surface area contributed by atoms with Gasteiger partial charge in [-0.15, -0.1) is 0 Å². The highest BCUT2D eigenvalue weighted by atomic mass is 35.5. The second-order valence-electron chi connectivity index (χ2n) is 6.64. The van der Waals surface area contributed by atoms with Crippen LogP contribution >= 0.6 is 11.6 Å². The van der Waals surface area contributed by atoms with E-state index in [0.29, 0.717) is 5.02 Å². The fourth-order valence-electron chi connectivity index (χ4n) is 2.68. The van der Waals surface area contributed by atoms with Crippen molar-refractivity contribution in [2.75, 3.05) is 0 Å². The van der Waals surface area contributed by atoms with E-state index in [1.54, 1.807) is 0 Å². The summed E-state index contributed by atoms with van der Waals surface area (Å²) in [6, 6.07) is 10.3. The number of hydrogen-bond donors (Lipinski definition) is 0. The zero-order chi connectivity index (χ0) is 24.6. The summed E-state index contributed by atoms with van der Waals surface area (Å²) in [6.45, 7) is 0. The van der Waals surface area contributed by atoms with E-state index in [1.165, 1.54) is 36.4 Å². The Balaban J connectivity index is 1.90. The van der Waals surface area contributed by atoms with Crippen molar-refractivity contribution in [3.05, 3.63) is 94.0 Å². The van der Waals surface area contributed by atoms with Gasteiger partial charge in [0.25, 0.3) is 0 Å². The van der Waals surface area contributed by atoms with Crippen LogP contribution in [0.5, 0.6) is 5.75 Å². The fraction of sp³-hybridized carbons (Fsp3) is 0.0952. The first-order valence-electron chi connectivity index (χ1n) is 8.81. The van der Waals surface area contributed by atoms with E-state index in [-0.39, 0.29) is 29.3 Å². The van der Waals surface area contributed by atoms with Crippen LogP contribution in [0.1, 0.15) is 27.0 Å². The molecule has 0 aliphatic heterocycles. The first kappa shape index (κ1) is 24.6. The van der Waals surface area contributed by atoms with Crippen molar-refractivity contribution in [3.8, 4) is 5.75 Å². The first-order valence-corrected chi connectivity index (χ1v) is 10.6. The lowest BCUT2D eigenvalue weighted by molar-refractivity contribution is -0.143. The summed E-state index contributed by atoms with van der Waals surface area (Å²) < 4.78 is 107. The molecule has 3 aromatic rings. The van der Waals surface area contributed by atoms with E-state index in [9.17, 15) is 39.6 Å². The predicted octanol–water partition coefficient (Wildman–Crippen LogP) is 6.38. The van der Waals surface area contributed by atoms with Gasteiger partial charge in [0, 0.05) is 16.1 Å². The highest BCUT2D eigenvalue weighted by Gasteiger charge is 2.38. The molecule has 0 aromatic heterocycles. The number of benzene rings is 3. The second-order valence-corrected chi connectivity index (χ2v) is 8.62. The van der Waals surface area contributed by atoms with Gasteiger partial charge in [0.1, 0.15) is 10.6 Å². The van der Waals surface area contributed by atoms with Crippen LogP contribution in [0.15, 0.2) is 71.6 Å². The van der Waals surface area contributed by atoms with Crippen LogP contribution in [0.4, 0.5) is 26.3 Å². The summed E-state index contributed by atoms with van der Waals surface area (Å²) in [7, 11) is -5.07. The van der Waals surface area contributed by atoms with Crippen LogP contribution in [0, 0.1) is 0 Å². The van der Waals surface area contributed by atoms with Gasteiger partial charge in [-0.2, -0.15) is 34.8 Å². The molecule has 0 fully saturated rings. The molecule has 174 valence electrons. The Morgan fingerprint density at radius 3 is 1.58 bits per heavy atom. The number of carbonyl (C=O) groups is 1. The van der Waals surface area contributed by atoms with Gasteiger partial charge < -0.3 is 4.18 Å². The third-order valence-corrected chi connectivity index (χ3v) is 5.76. The Morgan fingerprint density at radius 2 is 1.15 bits per heavy atom. The van der Waals surface area contributed by atoms with Crippen molar-refractivity contribution >= 4 is 27.5 Å². The summed E-state index contributed by atoms with van der Waals surface area (Å²) in [5, 5.41) is 0.406.